The Morgan fingerprint density at radius 2 is 2.25 bits per heavy atom. The van der Waals surface area contributed by atoms with E-state index in [0.29, 0.717) is 5.92 Å². The molecular formula is C10H12N2. The van der Waals surface area contributed by atoms with Gasteiger partial charge in [-0.3, -0.25) is 4.98 Å². The molecular weight excluding hydrogens is 148 g/mol. The minimum absolute atomic E-state index is 0.536. The van der Waals surface area contributed by atoms with Crippen LogP contribution in [0.1, 0.15) is 25.3 Å². The van der Waals surface area contributed by atoms with Crippen LogP contribution in [0.25, 0.3) is 11.0 Å². The molecule has 12 heavy (non-hydrogen) atoms. The standard InChI is InChI=1S/C10H12N2/c1-7(2)8-6-12-9-4-3-5-11-10(8)9/h3-7,12H,1-2H3. The zero-order valence-electron chi connectivity index (χ0n) is 7.33. The third kappa shape index (κ3) is 0.998. The predicted octanol–water partition coefficient (Wildman–Crippen LogP) is 2.69. The largest absolute Gasteiger partial charge is 0.360 e. The molecule has 1 N–H and O–H groups in total. The molecule has 0 aliphatic heterocycles. The van der Waals surface area contributed by atoms with E-state index in [2.05, 4.69) is 23.8 Å². The summed E-state index contributed by atoms with van der Waals surface area (Å²) in [4.78, 5) is 7.54. The van der Waals surface area contributed by atoms with Gasteiger partial charge in [0.05, 0.1) is 11.0 Å². The van der Waals surface area contributed by atoms with Gasteiger partial charge in [0.15, 0.2) is 0 Å². The molecule has 0 atom stereocenters. The molecule has 0 saturated carbocycles. The molecule has 0 aliphatic rings. The first-order chi connectivity index (χ1) is 5.79. The summed E-state index contributed by atoms with van der Waals surface area (Å²) in [5, 5.41) is 0. The van der Waals surface area contributed by atoms with Crippen LogP contribution in [0.2, 0.25) is 0 Å². The average Bonchev–Trinajstić information content (AvgIpc) is 2.47. The fraction of sp³-hybridized carbons (Fsp3) is 0.300. The van der Waals surface area contributed by atoms with Crippen molar-refractivity contribution in [1.82, 2.24) is 9.97 Å². The van der Waals surface area contributed by atoms with Gasteiger partial charge in [-0.1, -0.05) is 13.8 Å². The number of aromatic amines is 1. The lowest BCUT2D eigenvalue weighted by molar-refractivity contribution is 0.873. The van der Waals surface area contributed by atoms with Crippen molar-refractivity contribution in [3.63, 3.8) is 0 Å². The van der Waals surface area contributed by atoms with E-state index in [1.807, 2.05) is 24.5 Å². The Bertz CT molecular complexity index is 387. The summed E-state index contributed by atoms with van der Waals surface area (Å²) in [5.74, 6) is 0.536. The smallest absolute Gasteiger partial charge is 0.0913 e. The number of hydrogen-bond acceptors (Lipinski definition) is 1. The van der Waals surface area contributed by atoms with Crippen LogP contribution in [0, 0.1) is 0 Å². The highest BCUT2D eigenvalue weighted by molar-refractivity contribution is 5.78. The second-order valence-corrected chi connectivity index (χ2v) is 3.30. The van der Waals surface area contributed by atoms with Gasteiger partial charge in [0, 0.05) is 12.4 Å². The molecule has 0 fully saturated rings. The molecule has 2 heterocycles. The van der Waals surface area contributed by atoms with E-state index in [1.165, 1.54) is 5.56 Å². The highest BCUT2D eigenvalue weighted by Crippen LogP contribution is 2.22. The van der Waals surface area contributed by atoms with E-state index in [9.17, 15) is 0 Å². The maximum atomic E-state index is 4.33. The first-order valence-electron chi connectivity index (χ1n) is 4.21. The van der Waals surface area contributed by atoms with E-state index in [-0.39, 0.29) is 0 Å². The van der Waals surface area contributed by atoms with Crippen molar-refractivity contribution in [2.24, 2.45) is 0 Å². The third-order valence-corrected chi connectivity index (χ3v) is 2.09. The average molecular weight is 160 g/mol. The van der Waals surface area contributed by atoms with Crippen LogP contribution in [0.5, 0.6) is 0 Å². The molecule has 0 saturated heterocycles. The number of fused-ring (bicyclic) bond motifs is 1. The lowest BCUT2D eigenvalue weighted by Crippen LogP contribution is -1.85. The van der Waals surface area contributed by atoms with Crippen molar-refractivity contribution in [3.05, 3.63) is 30.1 Å². The van der Waals surface area contributed by atoms with Crippen LogP contribution in [0.3, 0.4) is 0 Å². The summed E-state index contributed by atoms with van der Waals surface area (Å²) >= 11 is 0. The van der Waals surface area contributed by atoms with E-state index in [0.717, 1.165) is 11.0 Å². The summed E-state index contributed by atoms with van der Waals surface area (Å²) in [5.41, 5.74) is 3.53. The van der Waals surface area contributed by atoms with Gasteiger partial charge in [0.1, 0.15) is 0 Å². The first-order valence-corrected chi connectivity index (χ1v) is 4.21. The van der Waals surface area contributed by atoms with Gasteiger partial charge in [-0.25, -0.2) is 0 Å². The minimum Gasteiger partial charge on any atom is -0.360 e. The normalized spacial score (nSPS) is 11.2. The fourth-order valence-corrected chi connectivity index (χ4v) is 1.42. The van der Waals surface area contributed by atoms with Crippen LogP contribution >= 0.6 is 0 Å². The van der Waals surface area contributed by atoms with Crippen molar-refractivity contribution in [2.75, 3.05) is 0 Å². The lowest BCUT2D eigenvalue weighted by atomic mass is 10.1. The molecule has 0 radical (unpaired) electrons. The number of pyridine rings is 1. The van der Waals surface area contributed by atoms with Gasteiger partial charge in [-0.05, 0) is 23.6 Å². The molecule has 0 bridgehead atoms. The van der Waals surface area contributed by atoms with Gasteiger partial charge in [-0.15, -0.1) is 0 Å². The molecule has 2 aromatic rings. The maximum absolute atomic E-state index is 4.33. The Kier molecular flexibility index (Phi) is 1.61. The highest BCUT2D eigenvalue weighted by atomic mass is 14.8. The third-order valence-electron chi connectivity index (χ3n) is 2.09. The Hall–Kier alpha value is -1.31. The van der Waals surface area contributed by atoms with E-state index >= 15 is 0 Å². The van der Waals surface area contributed by atoms with Gasteiger partial charge in [-0.2, -0.15) is 0 Å². The number of H-pyrrole nitrogens is 1. The number of nitrogens with one attached hydrogen (secondary N) is 1. The zero-order chi connectivity index (χ0) is 8.55. The Morgan fingerprint density at radius 1 is 1.42 bits per heavy atom. The number of rotatable bonds is 1. The molecule has 2 nitrogen and oxygen atoms in total. The molecule has 0 unspecified atom stereocenters. The predicted molar refractivity (Wildman–Crippen MR) is 50.2 cm³/mol. The monoisotopic (exact) mass is 160 g/mol. The van der Waals surface area contributed by atoms with Crippen LogP contribution in [-0.4, -0.2) is 9.97 Å². The van der Waals surface area contributed by atoms with Crippen molar-refractivity contribution in [2.45, 2.75) is 19.8 Å². The van der Waals surface area contributed by atoms with Crippen molar-refractivity contribution in [1.29, 1.82) is 0 Å². The topological polar surface area (TPSA) is 28.7 Å². The van der Waals surface area contributed by atoms with Crippen molar-refractivity contribution >= 4 is 11.0 Å². The van der Waals surface area contributed by atoms with Crippen LogP contribution in [-0.2, 0) is 0 Å². The molecule has 0 aromatic carbocycles. The lowest BCUT2D eigenvalue weighted by Gasteiger charge is -1.99. The summed E-state index contributed by atoms with van der Waals surface area (Å²) in [6.45, 7) is 4.36. The van der Waals surface area contributed by atoms with Gasteiger partial charge in [0.25, 0.3) is 0 Å². The number of hydrogen-bond donors (Lipinski definition) is 1. The summed E-state index contributed by atoms with van der Waals surface area (Å²) < 4.78 is 0. The Morgan fingerprint density at radius 3 is 3.00 bits per heavy atom. The van der Waals surface area contributed by atoms with Gasteiger partial charge in [0.2, 0.25) is 0 Å². The molecule has 0 amide bonds. The van der Waals surface area contributed by atoms with Crippen LogP contribution in [0.4, 0.5) is 0 Å². The van der Waals surface area contributed by atoms with E-state index in [4.69, 9.17) is 0 Å². The number of aromatic nitrogens is 2. The van der Waals surface area contributed by atoms with E-state index in [1.54, 1.807) is 0 Å². The van der Waals surface area contributed by atoms with Gasteiger partial charge >= 0.3 is 0 Å². The maximum Gasteiger partial charge on any atom is 0.0913 e. The highest BCUT2D eigenvalue weighted by Gasteiger charge is 2.06. The number of nitrogens with zero attached hydrogens (tertiary/aromatic N) is 1. The summed E-state index contributed by atoms with van der Waals surface area (Å²) in [7, 11) is 0. The summed E-state index contributed by atoms with van der Waals surface area (Å²) in [6, 6.07) is 4.00. The van der Waals surface area contributed by atoms with E-state index < -0.39 is 0 Å². The Labute approximate surface area is 71.6 Å². The fourth-order valence-electron chi connectivity index (χ4n) is 1.42. The van der Waals surface area contributed by atoms with Crippen molar-refractivity contribution in [3.8, 4) is 0 Å². The van der Waals surface area contributed by atoms with Crippen LogP contribution in [0.15, 0.2) is 24.5 Å². The summed E-state index contributed by atoms with van der Waals surface area (Å²) in [6.07, 6.45) is 3.88. The molecule has 2 heteroatoms. The molecule has 0 spiro atoms. The molecule has 62 valence electrons. The Balaban J connectivity index is 2.70. The molecule has 2 rings (SSSR count). The van der Waals surface area contributed by atoms with Crippen molar-refractivity contribution < 1.29 is 0 Å². The SMILES string of the molecule is CC(C)c1c[nH]c2cccnc12. The molecule has 2 aromatic heterocycles. The second kappa shape index (κ2) is 2.63. The molecule has 0 aliphatic carbocycles. The first kappa shape index (κ1) is 7.35. The quantitative estimate of drug-likeness (QED) is 0.682. The van der Waals surface area contributed by atoms with Gasteiger partial charge < -0.3 is 4.98 Å². The van der Waals surface area contributed by atoms with Crippen LogP contribution < -0.4 is 0 Å². The minimum atomic E-state index is 0.536. The zero-order valence-corrected chi connectivity index (χ0v) is 7.33. The second-order valence-electron chi connectivity index (χ2n) is 3.30.